The van der Waals surface area contributed by atoms with Crippen molar-refractivity contribution in [3.8, 4) is 11.4 Å². The molecule has 16 heteroatoms. The van der Waals surface area contributed by atoms with Gasteiger partial charge in [0, 0.05) is 18.1 Å². The fourth-order valence-corrected chi connectivity index (χ4v) is 7.32. The summed E-state index contributed by atoms with van der Waals surface area (Å²) in [6.07, 6.45) is 2.30. The molecule has 2 aliphatic heterocycles. The number of hydrogen-bond donors (Lipinski definition) is 1. The number of sulfonamides is 1. The first-order chi connectivity index (χ1) is 18.3. The van der Waals surface area contributed by atoms with Crippen molar-refractivity contribution in [1.29, 1.82) is 0 Å². The van der Waals surface area contributed by atoms with E-state index >= 15 is 4.39 Å². The van der Waals surface area contributed by atoms with Crippen molar-refractivity contribution in [2.45, 2.75) is 36.4 Å². The van der Waals surface area contributed by atoms with E-state index in [2.05, 4.69) is 15.4 Å². The molecule has 1 fully saturated rings. The summed E-state index contributed by atoms with van der Waals surface area (Å²) in [7, 11) is -7.53. The van der Waals surface area contributed by atoms with Crippen LogP contribution in [0.4, 0.5) is 10.1 Å². The Kier molecular flexibility index (Phi) is 7.22. The Morgan fingerprint density at radius 1 is 1.21 bits per heavy atom. The highest BCUT2D eigenvalue weighted by Crippen LogP contribution is 2.36. The highest BCUT2D eigenvalue weighted by molar-refractivity contribution is 7.91. The number of halogens is 2. The number of tetrazole rings is 1. The molecule has 2 atom stereocenters. The number of nitrogens with two attached hydrogens (primary N) is 1. The van der Waals surface area contributed by atoms with Gasteiger partial charge in [0.25, 0.3) is 0 Å². The van der Waals surface area contributed by atoms with Gasteiger partial charge in [0.05, 0.1) is 46.8 Å². The minimum absolute atomic E-state index is 0.0409. The molecule has 1 unspecified atom stereocenters. The number of rotatable bonds is 5. The summed E-state index contributed by atoms with van der Waals surface area (Å²) < 4.78 is 66.8. The monoisotopic (exact) mass is 597 g/mol. The lowest BCUT2D eigenvalue weighted by atomic mass is 10.1. The van der Waals surface area contributed by atoms with E-state index < -0.39 is 49.4 Å². The smallest absolute Gasteiger partial charge is 0.245 e. The van der Waals surface area contributed by atoms with Crippen molar-refractivity contribution in [2.24, 2.45) is 5.73 Å². The molecule has 1 aromatic heterocycles. The molecule has 0 aliphatic carbocycles. The number of benzene rings is 2. The van der Waals surface area contributed by atoms with Crippen molar-refractivity contribution in [1.82, 2.24) is 24.5 Å². The third-order valence-corrected chi connectivity index (χ3v) is 10.1. The number of piperidine rings is 1. The van der Waals surface area contributed by atoms with Crippen LogP contribution in [0.5, 0.6) is 0 Å². The quantitative estimate of drug-likeness (QED) is 0.458. The number of amides is 1. The third-order valence-electron chi connectivity index (χ3n) is 6.73. The van der Waals surface area contributed by atoms with Crippen molar-refractivity contribution in [3.63, 3.8) is 0 Å². The first-order valence-electron chi connectivity index (χ1n) is 12.0. The lowest BCUT2D eigenvalue weighted by molar-refractivity contribution is -0.119. The number of sulfone groups is 1. The predicted molar refractivity (Wildman–Crippen MR) is 141 cm³/mol. The minimum Gasteiger partial charge on any atom is -0.319 e. The predicted octanol–water partition coefficient (Wildman–Crippen LogP) is 1.38. The van der Waals surface area contributed by atoms with Crippen LogP contribution in [0.2, 0.25) is 5.02 Å². The fraction of sp³-hybridized carbons (Fsp3) is 0.391. The van der Waals surface area contributed by atoms with Crippen molar-refractivity contribution in [2.75, 3.05) is 30.0 Å². The molecule has 0 saturated carbocycles. The molecule has 0 spiro atoms. The fourth-order valence-electron chi connectivity index (χ4n) is 4.73. The number of anilines is 1. The van der Waals surface area contributed by atoms with Crippen LogP contribution in [0.3, 0.4) is 0 Å². The zero-order valence-corrected chi connectivity index (χ0v) is 23.1. The zero-order chi connectivity index (χ0) is 28.1. The van der Waals surface area contributed by atoms with Crippen LogP contribution < -0.4 is 10.6 Å². The second kappa shape index (κ2) is 10.2. The molecule has 39 heavy (non-hydrogen) atoms. The molecule has 0 radical (unpaired) electrons. The van der Waals surface area contributed by atoms with E-state index in [1.165, 1.54) is 20.1 Å². The van der Waals surface area contributed by atoms with Gasteiger partial charge in [-0.05, 0) is 47.9 Å². The van der Waals surface area contributed by atoms with Gasteiger partial charge in [0.15, 0.2) is 9.84 Å². The molecule has 208 valence electrons. The molecule has 2 aliphatic rings. The number of fused-ring (bicyclic) bond motifs is 1. The lowest BCUT2D eigenvalue weighted by Crippen LogP contribution is -2.45. The topological polar surface area (TPSA) is 161 Å². The maximum Gasteiger partial charge on any atom is 0.245 e. The second-order valence-electron chi connectivity index (χ2n) is 9.59. The molecule has 2 N–H and O–H groups in total. The maximum atomic E-state index is 15.4. The summed E-state index contributed by atoms with van der Waals surface area (Å²) in [6, 6.07) is 6.90. The van der Waals surface area contributed by atoms with E-state index in [-0.39, 0.29) is 35.1 Å². The van der Waals surface area contributed by atoms with Crippen molar-refractivity contribution < 1.29 is 26.0 Å². The SMILES string of the molecule is CS(=O)(=O)N1CCCC(n2nnc(-c3cc4c(cc3F)S(=O)(=O)C[C@H](N)C(=O)N4Cc3ccc(Cl)cc3)n2)C1. The molecule has 1 saturated heterocycles. The van der Waals surface area contributed by atoms with Crippen LogP contribution in [0.25, 0.3) is 11.4 Å². The van der Waals surface area contributed by atoms with Gasteiger partial charge in [-0.1, -0.05) is 23.7 Å². The van der Waals surface area contributed by atoms with Crippen LogP contribution in [0, 0.1) is 5.82 Å². The minimum atomic E-state index is -4.12. The van der Waals surface area contributed by atoms with Gasteiger partial charge in [-0.3, -0.25) is 4.79 Å². The van der Waals surface area contributed by atoms with E-state index in [0.29, 0.717) is 30.0 Å². The summed E-state index contributed by atoms with van der Waals surface area (Å²) in [5, 5.41) is 12.7. The van der Waals surface area contributed by atoms with Gasteiger partial charge in [0.2, 0.25) is 21.8 Å². The molecule has 3 heterocycles. The lowest BCUT2D eigenvalue weighted by Gasteiger charge is -2.29. The van der Waals surface area contributed by atoms with Gasteiger partial charge in [0.1, 0.15) is 5.82 Å². The van der Waals surface area contributed by atoms with Crippen molar-refractivity contribution in [3.05, 3.63) is 52.8 Å². The Labute approximate surface area is 229 Å². The Bertz CT molecular complexity index is 1650. The van der Waals surface area contributed by atoms with Crippen LogP contribution >= 0.6 is 11.6 Å². The first kappa shape index (κ1) is 27.6. The molecule has 12 nitrogen and oxygen atoms in total. The van der Waals surface area contributed by atoms with E-state index in [4.69, 9.17) is 17.3 Å². The van der Waals surface area contributed by atoms with Crippen molar-refractivity contribution >= 4 is 43.1 Å². The molecule has 2 aromatic carbocycles. The van der Waals surface area contributed by atoms with Gasteiger partial charge >= 0.3 is 0 Å². The molecule has 0 bridgehead atoms. The summed E-state index contributed by atoms with van der Waals surface area (Å²) in [5.41, 5.74) is 6.36. The summed E-state index contributed by atoms with van der Waals surface area (Å²) in [4.78, 5) is 15.3. The molecule has 5 rings (SSSR count). The first-order valence-corrected chi connectivity index (χ1v) is 15.8. The van der Waals surface area contributed by atoms with Gasteiger partial charge in [-0.15, -0.1) is 10.2 Å². The number of nitrogens with zero attached hydrogens (tertiary/aromatic N) is 6. The largest absolute Gasteiger partial charge is 0.319 e. The zero-order valence-electron chi connectivity index (χ0n) is 20.7. The van der Waals surface area contributed by atoms with Crippen LogP contribution in [0.15, 0.2) is 41.3 Å². The average molecular weight is 598 g/mol. The Hall–Kier alpha value is -2.98. The van der Waals surface area contributed by atoms with Crippen LogP contribution in [0.1, 0.15) is 24.4 Å². The van der Waals surface area contributed by atoms with E-state index in [1.54, 1.807) is 24.3 Å². The summed E-state index contributed by atoms with van der Waals surface area (Å²) >= 11 is 5.97. The highest BCUT2D eigenvalue weighted by Gasteiger charge is 2.37. The van der Waals surface area contributed by atoms with Crippen LogP contribution in [-0.4, -0.2) is 78.4 Å². The molecule has 3 aromatic rings. The number of aromatic nitrogens is 4. The van der Waals surface area contributed by atoms with Gasteiger partial charge in [-0.2, -0.15) is 9.10 Å². The number of carbonyl (C=O) groups excluding carboxylic acids is 1. The molecular weight excluding hydrogens is 573 g/mol. The maximum absolute atomic E-state index is 15.4. The van der Waals surface area contributed by atoms with E-state index in [0.717, 1.165) is 12.3 Å². The third kappa shape index (κ3) is 5.54. The Morgan fingerprint density at radius 2 is 1.92 bits per heavy atom. The van der Waals surface area contributed by atoms with Gasteiger partial charge < -0.3 is 10.6 Å². The van der Waals surface area contributed by atoms with Gasteiger partial charge in [-0.25, -0.2) is 21.2 Å². The second-order valence-corrected chi connectivity index (χ2v) is 14.0. The number of carbonyl (C=O) groups is 1. The number of hydrogen-bond acceptors (Lipinski definition) is 9. The molecule has 1 amide bonds. The average Bonchev–Trinajstić information content (AvgIpc) is 3.35. The van der Waals surface area contributed by atoms with Crippen LogP contribution in [-0.2, 0) is 31.2 Å². The summed E-state index contributed by atoms with van der Waals surface area (Å²) in [6.45, 7) is 0.478. The highest BCUT2D eigenvalue weighted by atomic mass is 35.5. The normalized spacial score (nSPS) is 21.9. The Balaban J connectivity index is 1.56. The van der Waals surface area contributed by atoms with E-state index in [9.17, 15) is 21.6 Å². The van der Waals surface area contributed by atoms with E-state index in [1.807, 2.05) is 0 Å². The summed E-state index contributed by atoms with van der Waals surface area (Å²) in [5.74, 6) is -2.39. The standard InChI is InChI=1S/C23H25ClFN7O5S2/c1-38(34,35)30-8-2-3-16(12-30)32-28-22(27-29-32)17-9-20-21(10-18(17)25)39(36,37)13-19(26)23(33)31(20)11-14-4-6-15(24)7-5-14/h4-7,9-10,16,19H,2-3,8,11-13,26H2,1H3/t16?,19-/m0/s1. The molecular formula is C23H25ClFN7O5S2. The Morgan fingerprint density at radius 3 is 2.62 bits per heavy atom.